The lowest BCUT2D eigenvalue weighted by Crippen LogP contribution is -2.24. The Balaban J connectivity index is 2.29. The lowest BCUT2D eigenvalue weighted by Gasteiger charge is -2.19. The highest BCUT2D eigenvalue weighted by atomic mass is 19.2. The van der Waals surface area contributed by atoms with Crippen LogP contribution in [0.2, 0.25) is 0 Å². The Bertz CT molecular complexity index is 581. The number of rotatable bonds is 5. The van der Waals surface area contributed by atoms with Crippen LogP contribution in [0.25, 0.3) is 0 Å². The second kappa shape index (κ2) is 6.62. The molecule has 0 aromatic heterocycles. The first-order valence-corrected chi connectivity index (χ1v) is 6.84. The zero-order valence-electron chi connectivity index (χ0n) is 11.8. The average molecular weight is 275 g/mol. The summed E-state index contributed by atoms with van der Waals surface area (Å²) in [5.74, 6) is -1.55. The van der Waals surface area contributed by atoms with Gasteiger partial charge in [-0.1, -0.05) is 48.9 Å². The number of halogens is 2. The molecule has 1 N–H and O–H groups in total. The van der Waals surface area contributed by atoms with Gasteiger partial charge in [-0.05, 0) is 31.5 Å². The predicted molar refractivity (Wildman–Crippen MR) is 77.7 cm³/mol. The molecule has 0 aliphatic carbocycles. The molecule has 1 atom stereocenters. The monoisotopic (exact) mass is 275 g/mol. The Hall–Kier alpha value is -1.74. The molecule has 0 aliphatic heterocycles. The maximum Gasteiger partial charge on any atom is 0.163 e. The van der Waals surface area contributed by atoms with Crippen LogP contribution in [0.3, 0.4) is 0 Å². The summed E-state index contributed by atoms with van der Waals surface area (Å²) in [5, 5.41) is 3.23. The van der Waals surface area contributed by atoms with E-state index >= 15 is 0 Å². The largest absolute Gasteiger partial charge is 0.310 e. The van der Waals surface area contributed by atoms with Crippen molar-refractivity contribution in [3.63, 3.8) is 0 Å². The van der Waals surface area contributed by atoms with Gasteiger partial charge >= 0.3 is 0 Å². The van der Waals surface area contributed by atoms with E-state index in [2.05, 4.69) is 11.4 Å². The topological polar surface area (TPSA) is 12.0 Å². The fraction of sp³-hybridized carbons (Fsp3) is 0.294. The number of likely N-dealkylation sites (N-methyl/N-ethyl adjacent to an activating group) is 1. The minimum Gasteiger partial charge on any atom is -0.310 e. The highest BCUT2D eigenvalue weighted by Crippen LogP contribution is 2.23. The molecule has 2 aromatic carbocycles. The molecule has 2 rings (SSSR count). The number of benzene rings is 2. The first-order valence-electron chi connectivity index (χ1n) is 6.84. The van der Waals surface area contributed by atoms with Crippen LogP contribution >= 0.6 is 0 Å². The zero-order chi connectivity index (χ0) is 14.5. The Morgan fingerprint density at radius 1 is 1.10 bits per heavy atom. The van der Waals surface area contributed by atoms with E-state index in [-0.39, 0.29) is 6.04 Å². The quantitative estimate of drug-likeness (QED) is 0.863. The lowest BCUT2D eigenvalue weighted by atomic mass is 9.97. The minimum absolute atomic E-state index is 0.225. The number of nitrogens with one attached hydrogen (secondary N) is 1. The second-order valence-electron chi connectivity index (χ2n) is 4.95. The molecule has 0 fully saturated rings. The van der Waals surface area contributed by atoms with Gasteiger partial charge in [-0.2, -0.15) is 0 Å². The summed E-state index contributed by atoms with van der Waals surface area (Å²) in [5.41, 5.74) is 2.66. The standard InChI is InChI=1S/C17H19F2N/c1-3-20-16(11-13-7-4-6-12(2)10-13)14-8-5-9-15(18)17(14)19/h4-10,16,20H,3,11H2,1-2H3. The molecule has 2 aromatic rings. The number of hydrogen-bond donors (Lipinski definition) is 1. The van der Waals surface area contributed by atoms with E-state index in [4.69, 9.17) is 0 Å². The van der Waals surface area contributed by atoms with Crippen LogP contribution in [-0.4, -0.2) is 6.54 Å². The molecule has 0 saturated carbocycles. The minimum atomic E-state index is -0.797. The molecule has 1 nitrogen and oxygen atoms in total. The smallest absolute Gasteiger partial charge is 0.163 e. The van der Waals surface area contributed by atoms with Crippen LogP contribution < -0.4 is 5.32 Å². The van der Waals surface area contributed by atoms with Crippen molar-refractivity contribution in [1.82, 2.24) is 5.32 Å². The van der Waals surface area contributed by atoms with Gasteiger partial charge in [-0.25, -0.2) is 8.78 Å². The van der Waals surface area contributed by atoms with Gasteiger partial charge in [0.25, 0.3) is 0 Å². The van der Waals surface area contributed by atoms with Gasteiger partial charge in [-0.15, -0.1) is 0 Å². The first-order chi connectivity index (χ1) is 9.61. The molecule has 1 unspecified atom stereocenters. The lowest BCUT2D eigenvalue weighted by molar-refractivity contribution is 0.464. The van der Waals surface area contributed by atoms with Gasteiger partial charge in [0.2, 0.25) is 0 Å². The Morgan fingerprint density at radius 2 is 1.85 bits per heavy atom. The average Bonchev–Trinajstić information content (AvgIpc) is 2.42. The third-order valence-corrected chi connectivity index (χ3v) is 3.33. The van der Waals surface area contributed by atoms with Crippen molar-refractivity contribution in [2.75, 3.05) is 6.54 Å². The maximum absolute atomic E-state index is 13.9. The molecule has 0 radical (unpaired) electrons. The van der Waals surface area contributed by atoms with Gasteiger partial charge < -0.3 is 5.32 Å². The molecular formula is C17H19F2N. The molecule has 0 aliphatic rings. The molecule has 0 amide bonds. The summed E-state index contributed by atoms with van der Waals surface area (Å²) in [6, 6.07) is 12.2. The Morgan fingerprint density at radius 3 is 2.55 bits per heavy atom. The molecular weight excluding hydrogens is 256 g/mol. The molecule has 20 heavy (non-hydrogen) atoms. The van der Waals surface area contributed by atoms with Gasteiger partial charge in [0.05, 0.1) is 0 Å². The van der Waals surface area contributed by atoms with Crippen LogP contribution in [-0.2, 0) is 6.42 Å². The summed E-state index contributed by atoms with van der Waals surface area (Å²) >= 11 is 0. The van der Waals surface area contributed by atoms with Gasteiger partial charge in [-0.3, -0.25) is 0 Å². The fourth-order valence-corrected chi connectivity index (χ4v) is 2.40. The summed E-state index contributed by atoms with van der Waals surface area (Å²) < 4.78 is 27.3. The van der Waals surface area contributed by atoms with Crippen molar-refractivity contribution >= 4 is 0 Å². The highest BCUT2D eigenvalue weighted by Gasteiger charge is 2.17. The molecule has 0 heterocycles. The van der Waals surface area contributed by atoms with E-state index in [1.165, 1.54) is 0 Å². The van der Waals surface area contributed by atoms with Crippen molar-refractivity contribution in [2.24, 2.45) is 0 Å². The van der Waals surface area contributed by atoms with Crippen LogP contribution in [0.15, 0.2) is 42.5 Å². The summed E-state index contributed by atoms with van der Waals surface area (Å²) in [7, 11) is 0. The normalized spacial score (nSPS) is 12.4. The third-order valence-electron chi connectivity index (χ3n) is 3.33. The van der Waals surface area contributed by atoms with E-state index < -0.39 is 11.6 Å². The van der Waals surface area contributed by atoms with E-state index in [0.29, 0.717) is 18.5 Å². The summed E-state index contributed by atoms with van der Waals surface area (Å²) in [6.07, 6.45) is 0.635. The van der Waals surface area contributed by atoms with Crippen molar-refractivity contribution in [3.05, 3.63) is 70.8 Å². The molecule has 0 spiro atoms. The first kappa shape index (κ1) is 14.7. The maximum atomic E-state index is 13.9. The molecule has 0 bridgehead atoms. The number of hydrogen-bond acceptors (Lipinski definition) is 1. The zero-order valence-corrected chi connectivity index (χ0v) is 11.8. The van der Waals surface area contributed by atoms with E-state index in [1.807, 2.05) is 32.0 Å². The van der Waals surface area contributed by atoms with Crippen molar-refractivity contribution in [3.8, 4) is 0 Å². The third kappa shape index (κ3) is 3.42. The van der Waals surface area contributed by atoms with E-state index in [0.717, 1.165) is 17.2 Å². The van der Waals surface area contributed by atoms with Crippen molar-refractivity contribution in [1.29, 1.82) is 0 Å². The van der Waals surface area contributed by atoms with Gasteiger partial charge in [0, 0.05) is 11.6 Å². The van der Waals surface area contributed by atoms with Gasteiger partial charge in [0.15, 0.2) is 11.6 Å². The SMILES string of the molecule is CCNC(Cc1cccc(C)c1)c1cccc(F)c1F. The van der Waals surface area contributed by atoms with Crippen LogP contribution in [0.5, 0.6) is 0 Å². The number of aryl methyl sites for hydroxylation is 1. The summed E-state index contributed by atoms with van der Waals surface area (Å²) in [4.78, 5) is 0. The Labute approximate surface area is 118 Å². The van der Waals surface area contributed by atoms with E-state index in [1.54, 1.807) is 12.1 Å². The van der Waals surface area contributed by atoms with Crippen LogP contribution in [0, 0.1) is 18.6 Å². The molecule has 3 heteroatoms. The predicted octanol–water partition coefficient (Wildman–Crippen LogP) is 4.17. The van der Waals surface area contributed by atoms with Crippen LogP contribution in [0.4, 0.5) is 8.78 Å². The van der Waals surface area contributed by atoms with Crippen LogP contribution in [0.1, 0.15) is 29.7 Å². The van der Waals surface area contributed by atoms with E-state index in [9.17, 15) is 8.78 Å². The van der Waals surface area contributed by atoms with Crippen molar-refractivity contribution in [2.45, 2.75) is 26.3 Å². The summed E-state index contributed by atoms with van der Waals surface area (Å²) in [6.45, 7) is 4.68. The Kier molecular flexibility index (Phi) is 4.85. The second-order valence-corrected chi connectivity index (χ2v) is 4.95. The molecule has 106 valence electrons. The molecule has 0 saturated heterocycles. The van der Waals surface area contributed by atoms with Gasteiger partial charge in [0.1, 0.15) is 0 Å². The van der Waals surface area contributed by atoms with Crippen molar-refractivity contribution < 1.29 is 8.78 Å². The highest BCUT2D eigenvalue weighted by molar-refractivity contribution is 5.28. The fourth-order valence-electron chi connectivity index (χ4n) is 2.40.